The average molecular weight is 453 g/mol. The van der Waals surface area contributed by atoms with Gasteiger partial charge in [-0.3, -0.25) is 4.79 Å². The Morgan fingerprint density at radius 2 is 0.875 bits per heavy atom. The lowest BCUT2D eigenvalue weighted by atomic mass is 10.0. The SMILES string of the molecule is CCCCCCCCCCCCCCCCCC(=O)NCCCN(CCCC)CCCC. The molecule has 0 aliphatic carbocycles. The van der Waals surface area contributed by atoms with Gasteiger partial charge in [-0.25, -0.2) is 0 Å². The molecule has 0 radical (unpaired) electrons. The molecule has 32 heavy (non-hydrogen) atoms. The number of carbonyl (C=O) groups excluding carboxylic acids is 1. The number of hydrogen-bond acceptors (Lipinski definition) is 2. The van der Waals surface area contributed by atoms with Crippen molar-refractivity contribution in [1.82, 2.24) is 10.2 Å². The lowest BCUT2D eigenvalue weighted by Gasteiger charge is -2.21. The van der Waals surface area contributed by atoms with Crippen molar-refractivity contribution in [3.8, 4) is 0 Å². The fourth-order valence-corrected chi connectivity index (χ4v) is 4.37. The summed E-state index contributed by atoms with van der Waals surface area (Å²) >= 11 is 0. The van der Waals surface area contributed by atoms with E-state index in [1.165, 1.54) is 129 Å². The molecule has 0 atom stereocenters. The molecule has 0 aliphatic rings. The van der Waals surface area contributed by atoms with E-state index in [1.807, 2.05) is 0 Å². The van der Waals surface area contributed by atoms with Gasteiger partial charge >= 0.3 is 0 Å². The van der Waals surface area contributed by atoms with Crippen LogP contribution in [0.1, 0.15) is 156 Å². The van der Waals surface area contributed by atoms with E-state index in [4.69, 9.17) is 0 Å². The average Bonchev–Trinajstić information content (AvgIpc) is 2.80. The van der Waals surface area contributed by atoms with Gasteiger partial charge in [0.25, 0.3) is 0 Å². The summed E-state index contributed by atoms with van der Waals surface area (Å²) in [5, 5.41) is 3.13. The predicted octanol–water partition coefficient (Wildman–Crippen LogP) is 8.66. The van der Waals surface area contributed by atoms with Gasteiger partial charge in [0.15, 0.2) is 0 Å². The van der Waals surface area contributed by atoms with E-state index < -0.39 is 0 Å². The second kappa shape index (κ2) is 26.7. The minimum absolute atomic E-state index is 0.258. The third-order valence-electron chi connectivity index (χ3n) is 6.64. The highest BCUT2D eigenvalue weighted by molar-refractivity contribution is 5.75. The number of unbranched alkanes of at least 4 members (excludes halogenated alkanes) is 16. The van der Waals surface area contributed by atoms with Crippen molar-refractivity contribution in [1.29, 1.82) is 0 Å². The first kappa shape index (κ1) is 31.4. The maximum atomic E-state index is 12.0. The minimum atomic E-state index is 0.258. The van der Waals surface area contributed by atoms with Crippen LogP contribution in [0, 0.1) is 0 Å². The van der Waals surface area contributed by atoms with Crippen LogP contribution in [0.5, 0.6) is 0 Å². The number of hydrogen-bond donors (Lipinski definition) is 1. The van der Waals surface area contributed by atoms with Crippen LogP contribution in [0.4, 0.5) is 0 Å². The zero-order valence-corrected chi connectivity index (χ0v) is 22.5. The van der Waals surface area contributed by atoms with Crippen LogP contribution in [0.25, 0.3) is 0 Å². The van der Waals surface area contributed by atoms with Crippen molar-refractivity contribution in [2.75, 3.05) is 26.2 Å². The molecule has 1 N–H and O–H groups in total. The summed E-state index contributed by atoms with van der Waals surface area (Å²) in [6, 6.07) is 0. The Morgan fingerprint density at radius 3 is 1.31 bits per heavy atom. The molecule has 0 aliphatic heterocycles. The van der Waals surface area contributed by atoms with E-state index >= 15 is 0 Å². The van der Waals surface area contributed by atoms with Gasteiger partial charge in [0.05, 0.1) is 0 Å². The summed E-state index contributed by atoms with van der Waals surface area (Å²) < 4.78 is 0. The van der Waals surface area contributed by atoms with Gasteiger partial charge in [-0.1, -0.05) is 124 Å². The van der Waals surface area contributed by atoms with Crippen molar-refractivity contribution >= 4 is 5.91 Å². The first-order chi connectivity index (χ1) is 15.7. The summed E-state index contributed by atoms with van der Waals surface area (Å²) in [4.78, 5) is 14.6. The van der Waals surface area contributed by atoms with Gasteiger partial charge < -0.3 is 10.2 Å². The van der Waals surface area contributed by atoms with E-state index in [-0.39, 0.29) is 5.91 Å². The molecule has 3 nitrogen and oxygen atoms in total. The van der Waals surface area contributed by atoms with Crippen LogP contribution in [-0.4, -0.2) is 37.0 Å². The van der Waals surface area contributed by atoms with Crippen molar-refractivity contribution in [2.24, 2.45) is 0 Å². The third kappa shape index (κ3) is 24.1. The van der Waals surface area contributed by atoms with Crippen LogP contribution in [0.15, 0.2) is 0 Å². The number of rotatable bonds is 26. The molecule has 0 heterocycles. The van der Waals surface area contributed by atoms with Gasteiger partial charge in [-0.2, -0.15) is 0 Å². The maximum absolute atomic E-state index is 12.0. The number of amides is 1. The lowest BCUT2D eigenvalue weighted by molar-refractivity contribution is -0.121. The van der Waals surface area contributed by atoms with Gasteiger partial charge in [-0.15, -0.1) is 0 Å². The van der Waals surface area contributed by atoms with Gasteiger partial charge in [0.2, 0.25) is 5.91 Å². The molecule has 0 aromatic rings. The van der Waals surface area contributed by atoms with E-state index in [0.29, 0.717) is 6.42 Å². The quantitative estimate of drug-likeness (QED) is 0.133. The monoisotopic (exact) mass is 452 g/mol. The minimum Gasteiger partial charge on any atom is -0.356 e. The molecule has 192 valence electrons. The molecule has 0 saturated carbocycles. The van der Waals surface area contributed by atoms with Crippen LogP contribution < -0.4 is 5.32 Å². The molecule has 0 saturated heterocycles. The smallest absolute Gasteiger partial charge is 0.219 e. The fourth-order valence-electron chi connectivity index (χ4n) is 4.37. The lowest BCUT2D eigenvalue weighted by Crippen LogP contribution is -2.31. The molecule has 0 spiro atoms. The molecule has 0 rings (SSSR count). The fraction of sp³-hybridized carbons (Fsp3) is 0.966. The molecule has 0 bridgehead atoms. The standard InChI is InChI=1S/C29H60N2O/c1-4-7-10-11-12-13-14-15-16-17-18-19-20-21-22-24-29(32)30-25-23-28-31(26-8-5-2)27-9-6-3/h4-28H2,1-3H3,(H,30,32). The zero-order valence-electron chi connectivity index (χ0n) is 22.5. The Hall–Kier alpha value is -0.570. The summed E-state index contributed by atoms with van der Waals surface area (Å²) in [7, 11) is 0. The highest BCUT2D eigenvalue weighted by Crippen LogP contribution is 2.13. The van der Waals surface area contributed by atoms with Crippen molar-refractivity contribution in [3.63, 3.8) is 0 Å². The molecular weight excluding hydrogens is 392 g/mol. The van der Waals surface area contributed by atoms with Gasteiger partial charge in [0, 0.05) is 13.0 Å². The second-order valence-electron chi connectivity index (χ2n) is 9.95. The molecule has 0 aromatic carbocycles. The van der Waals surface area contributed by atoms with Crippen LogP contribution in [0.3, 0.4) is 0 Å². The van der Waals surface area contributed by atoms with Crippen molar-refractivity contribution in [2.45, 2.75) is 156 Å². The van der Waals surface area contributed by atoms with E-state index in [9.17, 15) is 4.79 Å². The Kier molecular flexibility index (Phi) is 26.2. The largest absolute Gasteiger partial charge is 0.356 e. The number of nitrogens with one attached hydrogen (secondary N) is 1. The molecule has 0 fully saturated rings. The highest BCUT2D eigenvalue weighted by atomic mass is 16.1. The summed E-state index contributed by atoms with van der Waals surface area (Å²) in [6.07, 6.45) is 27.5. The summed E-state index contributed by atoms with van der Waals surface area (Å²) in [6.45, 7) is 11.2. The van der Waals surface area contributed by atoms with Crippen molar-refractivity contribution < 1.29 is 4.79 Å². The Balaban J connectivity index is 3.37. The number of carbonyl (C=O) groups is 1. The van der Waals surface area contributed by atoms with Gasteiger partial charge in [0.1, 0.15) is 0 Å². The number of nitrogens with zero attached hydrogens (tertiary/aromatic N) is 1. The van der Waals surface area contributed by atoms with Crippen LogP contribution >= 0.6 is 0 Å². The summed E-state index contributed by atoms with van der Waals surface area (Å²) in [5.74, 6) is 0.258. The molecule has 3 heteroatoms. The van der Waals surface area contributed by atoms with E-state index in [2.05, 4.69) is 31.0 Å². The topological polar surface area (TPSA) is 32.3 Å². The van der Waals surface area contributed by atoms with Crippen LogP contribution in [0.2, 0.25) is 0 Å². The van der Waals surface area contributed by atoms with Crippen LogP contribution in [-0.2, 0) is 4.79 Å². The Labute approximate surface area is 202 Å². The molecule has 0 aromatic heterocycles. The summed E-state index contributed by atoms with van der Waals surface area (Å²) in [5.41, 5.74) is 0. The Bertz CT molecular complexity index is 364. The van der Waals surface area contributed by atoms with Gasteiger partial charge in [-0.05, 0) is 45.3 Å². The van der Waals surface area contributed by atoms with Crippen molar-refractivity contribution in [3.05, 3.63) is 0 Å². The van der Waals surface area contributed by atoms with E-state index in [0.717, 1.165) is 25.9 Å². The molecule has 1 amide bonds. The second-order valence-corrected chi connectivity index (χ2v) is 9.95. The predicted molar refractivity (Wildman–Crippen MR) is 143 cm³/mol. The highest BCUT2D eigenvalue weighted by Gasteiger charge is 2.05. The third-order valence-corrected chi connectivity index (χ3v) is 6.64. The molecule has 0 unspecified atom stereocenters. The first-order valence-electron chi connectivity index (χ1n) is 14.7. The Morgan fingerprint density at radius 1 is 0.500 bits per heavy atom. The normalized spacial score (nSPS) is 11.4. The first-order valence-corrected chi connectivity index (χ1v) is 14.7. The van der Waals surface area contributed by atoms with E-state index in [1.54, 1.807) is 0 Å². The molecular formula is C29H60N2O. The zero-order chi connectivity index (χ0) is 23.5. The maximum Gasteiger partial charge on any atom is 0.219 e.